The number of ether oxygens (including phenoxy) is 1. The summed E-state index contributed by atoms with van der Waals surface area (Å²) in [6, 6.07) is 9.30. The molecule has 2 rings (SSSR count). The lowest BCUT2D eigenvalue weighted by molar-refractivity contribution is 0.462. The molecule has 0 spiro atoms. The first-order chi connectivity index (χ1) is 9.52. The van der Waals surface area contributed by atoms with E-state index in [1.807, 2.05) is 12.1 Å². The summed E-state index contributed by atoms with van der Waals surface area (Å²) in [4.78, 5) is 4.26. The number of benzene rings is 1. The number of rotatable bonds is 5. The van der Waals surface area contributed by atoms with Gasteiger partial charge < -0.3 is 10.1 Å². The molecule has 0 aliphatic heterocycles. The summed E-state index contributed by atoms with van der Waals surface area (Å²) in [6.45, 7) is 5.00. The van der Waals surface area contributed by atoms with Gasteiger partial charge in [-0.2, -0.15) is 0 Å². The molecule has 0 saturated carbocycles. The zero-order valence-electron chi connectivity index (χ0n) is 11.4. The zero-order chi connectivity index (χ0) is 14.5. The van der Waals surface area contributed by atoms with Crippen LogP contribution in [0, 0.1) is 0 Å². The molecule has 1 N–H and O–H groups in total. The van der Waals surface area contributed by atoms with Crippen molar-refractivity contribution in [3.8, 4) is 11.6 Å². The maximum absolute atomic E-state index is 5.92. The molecule has 0 aliphatic rings. The highest BCUT2D eigenvalue weighted by Gasteiger charge is 2.03. The van der Waals surface area contributed by atoms with Gasteiger partial charge in [-0.05, 0) is 23.8 Å². The van der Waals surface area contributed by atoms with Gasteiger partial charge >= 0.3 is 0 Å². The molecule has 5 heteroatoms. The average molecular weight is 311 g/mol. The Kier molecular flexibility index (Phi) is 5.24. The third kappa shape index (κ3) is 4.67. The van der Waals surface area contributed by atoms with E-state index in [0.717, 1.165) is 12.1 Å². The van der Waals surface area contributed by atoms with Gasteiger partial charge in [0, 0.05) is 34.9 Å². The Morgan fingerprint density at radius 1 is 1.15 bits per heavy atom. The maximum atomic E-state index is 5.92. The molecule has 0 saturated heterocycles. The second kappa shape index (κ2) is 6.93. The molecule has 0 aliphatic carbocycles. The molecule has 1 aromatic carbocycles. The van der Waals surface area contributed by atoms with Crippen LogP contribution in [0.25, 0.3) is 0 Å². The quantitative estimate of drug-likeness (QED) is 0.870. The number of hydrogen-bond donors (Lipinski definition) is 1. The van der Waals surface area contributed by atoms with E-state index in [4.69, 9.17) is 27.9 Å². The van der Waals surface area contributed by atoms with Gasteiger partial charge in [-0.25, -0.2) is 4.98 Å². The van der Waals surface area contributed by atoms with E-state index in [1.165, 1.54) is 0 Å². The topological polar surface area (TPSA) is 34.1 Å². The van der Waals surface area contributed by atoms with Crippen molar-refractivity contribution in [2.45, 2.75) is 26.4 Å². The summed E-state index contributed by atoms with van der Waals surface area (Å²) in [6.07, 6.45) is 1.79. The highest BCUT2D eigenvalue weighted by molar-refractivity contribution is 6.34. The van der Waals surface area contributed by atoms with Gasteiger partial charge in [0.25, 0.3) is 0 Å². The van der Waals surface area contributed by atoms with Crippen LogP contribution in [0.5, 0.6) is 11.6 Å². The van der Waals surface area contributed by atoms with E-state index in [2.05, 4.69) is 24.1 Å². The number of nitrogens with one attached hydrogen (secondary N) is 1. The van der Waals surface area contributed by atoms with Crippen LogP contribution in [0.1, 0.15) is 19.4 Å². The zero-order valence-corrected chi connectivity index (χ0v) is 12.9. The lowest BCUT2D eigenvalue weighted by Gasteiger charge is -2.09. The minimum absolute atomic E-state index is 0.444. The molecular weight excluding hydrogens is 295 g/mol. The van der Waals surface area contributed by atoms with E-state index < -0.39 is 0 Å². The molecule has 0 fully saturated rings. The van der Waals surface area contributed by atoms with Gasteiger partial charge in [0.2, 0.25) is 5.88 Å². The van der Waals surface area contributed by atoms with Crippen LogP contribution in [0.3, 0.4) is 0 Å². The predicted octanol–water partition coefficient (Wildman–Crippen LogP) is 4.68. The van der Waals surface area contributed by atoms with E-state index in [1.54, 1.807) is 24.4 Å². The number of aromatic nitrogens is 1. The molecule has 0 radical (unpaired) electrons. The van der Waals surface area contributed by atoms with E-state index in [-0.39, 0.29) is 0 Å². The molecule has 0 bridgehead atoms. The second-order valence-corrected chi connectivity index (χ2v) is 5.62. The van der Waals surface area contributed by atoms with Crippen molar-refractivity contribution in [3.63, 3.8) is 0 Å². The predicted molar refractivity (Wildman–Crippen MR) is 82.7 cm³/mol. The normalized spacial score (nSPS) is 10.8. The third-order valence-electron chi connectivity index (χ3n) is 2.57. The van der Waals surface area contributed by atoms with Gasteiger partial charge in [-0.15, -0.1) is 0 Å². The average Bonchev–Trinajstić information content (AvgIpc) is 2.36. The Morgan fingerprint density at radius 2 is 1.85 bits per heavy atom. The van der Waals surface area contributed by atoms with Crippen LogP contribution in [0.2, 0.25) is 10.0 Å². The molecule has 106 valence electrons. The van der Waals surface area contributed by atoms with Gasteiger partial charge in [0.1, 0.15) is 5.75 Å². The van der Waals surface area contributed by atoms with E-state index in [0.29, 0.717) is 27.7 Å². The highest BCUT2D eigenvalue weighted by atomic mass is 35.5. The number of hydrogen-bond acceptors (Lipinski definition) is 3. The van der Waals surface area contributed by atoms with Crippen molar-refractivity contribution in [1.82, 2.24) is 10.3 Å². The summed E-state index contributed by atoms with van der Waals surface area (Å²) in [7, 11) is 0. The Balaban J connectivity index is 2.03. The molecular formula is C15H16Cl2N2O. The Morgan fingerprint density at radius 3 is 2.40 bits per heavy atom. The fourth-order valence-electron chi connectivity index (χ4n) is 1.61. The lowest BCUT2D eigenvalue weighted by atomic mass is 10.2. The van der Waals surface area contributed by atoms with E-state index in [9.17, 15) is 0 Å². The largest absolute Gasteiger partial charge is 0.439 e. The minimum atomic E-state index is 0.444. The standard InChI is InChI=1S/C15H16Cl2N2O/c1-10(2)18-8-11-3-4-15(19-9-11)20-14-6-12(16)5-13(17)7-14/h3-7,9-10,18H,8H2,1-2H3. The van der Waals surface area contributed by atoms with Gasteiger partial charge in [-0.1, -0.05) is 43.1 Å². The molecule has 2 aromatic rings. The summed E-state index contributed by atoms with van der Waals surface area (Å²) in [5, 5.41) is 4.40. The Bertz CT molecular complexity index is 550. The number of halogens is 2. The lowest BCUT2D eigenvalue weighted by Crippen LogP contribution is -2.21. The Labute approximate surface area is 128 Å². The minimum Gasteiger partial charge on any atom is -0.439 e. The molecule has 0 amide bonds. The van der Waals surface area contributed by atoms with Crippen LogP contribution in [-0.2, 0) is 6.54 Å². The third-order valence-corrected chi connectivity index (χ3v) is 3.01. The smallest absolute Gasteiger partial charge is 0.219 e. The van der Waals surface area contributed by atoms with Crippen molar-refractivity contribution in [3.05, 3.63) is 52.1 Å². The molecule has 0 unspecified atom stereocenters. The first-order valence-electron chi connectivity index (χ1n) is 6.35. The monoisotopic (exact) mass is 310 g/mol. The molecule has 3 nitrogen and oxygen atoms in total. The van der Waals surface area contributed by atoms with Crippen LogP contribution in [0.4, 0.5) is 0 Å². The van der Waals surface area contributed by atoms with Crippen molar-refractivity contribution in [1.29, 1.82) is 0 Å². The van der Waals surface area contributed by atoms with Crippen molar-refractivity contribution < 1.29 is 4.74 Å². The summed E-state index contributed by atoms with van der Waals surface area (Å²) < 4.78 is 5.62. The van der Waals surface area contributed by atoms with Gasteiger partial charge in [0.15, 0.2) is 0 Å². The van der Waals surface area contributed by atoms with Gasteiger partial charge in [0.05, 0.1) is 0 Å². The second-order valence-electron chi connectivity index (χ2n) is 4.75. The van der Waals surface area contributed by atoms with Crippen molar-refractivity contribution in [2.24, 2.45) is 0 Å². The molecule has 0 atom stereocenters. The maximum Gasteiger partial charge on any atom is 0.219 e. The summed E-state index contributed by atoms with van der Waals surface area (Å²) in [5.41, 5.74) is 1.11. The van der Waals surface area contributed by atoms with Crippen LogP contribution in [0.15, 0.2) is 36.5 Å². The first-order valence-corrected chi connectivity index (χ1v) is 7.11. The van der Waals surface area contributed by atoms with E-state index >= 15 is 0 Å². The van der Waals surface area contributed by atoms with Crippen LogP contribution in [-0.4, -0.2) is 11.0 Å². The molecule has 1 aromatic heterocycles. The summed E-state index contributed by atoms with van der Waals surface area (Å²) >= 11 is 11.8. The van der Waals surface area contributed by atoms with Crippen LogP contribution >= 0.6 is 23.2 Å². The molecule has 20 heavy (non-hydrogen) atoms. The van der Waals surface area contributed by atoms with Crippen molar-refractivity contribution in [2.75, 3.05) is 0 Å². The van der Waals surface area contributed by atoms with Crippen molar-refractivity contribution >= 4 is 23.2 Å². The fourth-order valence-corrected chi connectivity index (χ4v) is 2.11. The fraction of sp³-hybridized carbons (Fsp3) is 0.267. The van der Waals surface area contributed by atoms with Crippen LogP contribution < -0.4 is 10.1 Å². The Hall–Kier alpha value is -1.29. The van der Waals surface area contributed by atoms with Gasteiger partial charge in [-0.3, -0.25) is 0 Å². The number of nitrogens with zero attached hydrogens (tertiary/aromatic N) is 1. The summed E-state index contributed by atoms with van der Waals surface area (Å²) in [5.74, 6) is 1.08. The molecule has 1 heterocycles. The highest BCUT2D eigenvalue weighted by Crippen LogP contribution is 2.27. The first kappa shape index (κ1) is 15.1. The SMILES string of the molecule is CC(C)NCc1ccc(Oc2cc(Cl)cc(Cl)c2)nc1. The number of pyridine rings is 1.